The van der Waals surface area contributed by atoms with Gasteiger partial charge in [-0.05, 0) is 31.2 Å². The molecule has 1 aliphatic rings. The van der Waals surface area contributed by atoms with E-state index in [1.807, 2.05) is 31.2 Å². The van der Waals surface area contributed by atoms with Crippen LogP contribution in [0.4, 0.5) is 11.6 Å². The van der Waals surface area contributed by atoms with E-state index < -0.39 is 0 Å². The average molecular weight is 421 g/mol. The van der Waals surface area contributed by atoms with Gasteiger partial charge in [-0.25, -0.2) is 4.98 Å². The van der Waals surface area contributed by atoms with E-state index in [1.165, 1.54) is 4.57 Å². The molecule has 160 valence electrons. The topological polar surface area (TPSA) is 106 Å². The molecule has 0 spiro atoms. The largest absolute Gasteiger partial charge is 0.490 e. The van der Waals surface area contributed by atoms with Gasteiger partial charge in [-0.1, -0.05) is 24.3 Å². The van der Waals surface area contributed by atoms with Crippen molar-refractivity contribution in [1.82, 2.24) is 15.0 Å². The maximum atomic E-state index is 12.6. The van der Waals surface area contributed by atoms with E-state index in [0.717, 1.165) is 0 Å². The zero-order valence-corrected chi connectivity index (χ0v) is 17.1. The first kappa shape index (κ1) is 20.4. The minimum absolute atomic E-state index is 0.00467. The summed E-state index contributed by atoms with van der Waals surface area (Å²) in [6, 6.07) is 14.4. The highest BCUT2D eigenvalue weighted by Gasteiger charge is 2.23. The van der Waals surface area contributed by atoms with Gasteiger partial charge >= 0.3 is 0 Å². The third kappa shape index (κ3) is 4.20. The minimum Gasteiger partial charge on any atom is -0.490 e. The molecule has 1 aliphatic heterocycles. The van der Waals surface area contributed by atoms with E-state index in [0.29, 0.717) is 42.0 Å². The number of nitrogens with one attached hydrogen (secondary N) is 2. The summed E-state index contributed by atoms with van der Waals surface area (Å²) in [6.45, 7) is 3.08. The molecule has 0 atom stereocenters. The smallest absolute Gasteiger partial charge is 0.262 e. The maximum Gasteiger partial charge on any atom is 0.262 e. The van der Waals surface area contributed by atoms with Gasteiger partial charge in [0.15, 0.2) is 0 Å². The number of hydrogen-bond acceptors (Lipinski definition) is 6. The number of fused-ring (bicyclic) bond motifs is 2. The lowest BCUT2D eigenvalue weighted by atomic mass is 10.2. The second-order valence-electron chi connectivity index (χ2n) is 7.04. The predicted molar refractivity (Wildman–Crippen MR) is 117 cm³/mol. The molecule has 0 bridgehead atoms. The first-order valence-corrected chi connectivity index (χ1v) is 10.1. The first-order valence-electron chi connectivity index (χ1n) is 10.1. The fraction of sp³-hybridized carbons (Fsp3) is 0.273. The van der Waals surface area contributed by atoms with Crippen LogP contribution in [0.3, 0.4) is 0 Å². The Balaban J connectivity index is 1.38. The molecule has 0 radical (unpaired) electrons. The normalized spacial score (nSPS) is 12.7. The van der Waals surface area contributed by atoms with Crippen LogP contribution in [0.5, 0.6) is 5.75 Å². The molecule has 0 unspecified atom stereocenters. The van der Waals surface area contributed by atoms with E-state index in [2.05, 4.69) is 15.8 Å². The number of ether oxygens (including phenoxy) is 1. The quantitative estimate of drug-likeness (QED) is 0.591. The molecule has 2 N–H and O–H groups in total. The standard InChI is InChI=1S/C22H23N5O4/c1-2-26-21(30)15-7-3-4-8-16(15)23-22(26)25-24-19(28)11-12-20(29)27-13-14-31-18-10-6-5-9-17(18)27/h3-10H,2,11-14H2,1H3,(H,23,25)(H,24,28). The molecule has 9 nitrogen and oxygen atoms in total. The molecule has 4 rings (SSSR count). The van der Waals surface area contributed by atoms with Crippen LogP contribution in [-0.2, 0) is 16.1 Å². The molecule has 0 fully saturated rings. The van der Waals surface area contributed by atoms with E-state index in [-0.39, 0.29) is 36.2 Å². The molecule has 0 aliphatic carbocycles. The predicted octanol–water partition coefficient (Wildman–Crippen LogP) is 2.07. The first-order chi connectivity index (χ1) is 15.1. The number of hydrogen-bond donors (Lipinski definition) is 2. The van der Waals surface area contributed by atoms with Gasteiger partial charge in [0.05, 0.1) is 23.1 Å². The Labute approximate surface area is 178 Å². The Hall–Kier alpha value is -3.88. The van der Waals surface area contributed by atoms with Crippen molar-refractivity contribution in [1.29, 1.82) is 0 Å². The van der Waals surface area contributed by atoms with Crippen molar-refractivity contribution in [2.45, 2.75) is 26.3 Å². The number of carbonyl (C=O) groups is 2. The number of benzene rings is 2. The molecule has 31 heavy (non-hydrogen) atoms. The highest BCUT2D eigenvalue weighted by Crippen LogP contribution is 2.31. The van der Waals surface area contributed by atoms with Gasteiger partial charge in [0.1, 0.15) is 12.4 Å². The van der Waals surface area contributed by atoms with Gasteiger partial charge in [0.2, 0.25) is 17.8 Å². The Morgan fingerprint density at radius 1 is 1.10 bits per heavy atom. The van der Waals surface area contributed by atoms with E-state index >= 15 is 0 Å². The van der Waals surface area contributed by atoms with Gasteiger partial charge in [0.25, 0.3) is 5.56 Å². The summed E-state index contributed by atoms with van der Waals surface area (Å²) < 4.78 is 7.00. The number of carbonyl (C=O) groups excluding carboxylic acids is 2. The van der Waals surface area contributed by atoms with Crippen molar-refractivity contribution in [3.05, 3.63) is 58.9 Å². The highest BCUT2D eigenvalue weighted by molar-refractivity contribution is 5.97. The summed E-state index contributed by atoms with van der Waals surface area (Å²) >= 11 is 0. The van der Waals surface area contributed by atoms with Gasteiger partial charge in [0, 0.05) is 19.4 Å². The van der Waals surface area contributed by atoms with Crippen LogP contribution in [0, 0.1) is 0 Å². The Morgan fingerprint density at radius 3 is 2.71 bits per heavy atom. The molecule has 1 aromatic heterocycles. The summed E-state index contributed by atoms with van der Waals surface area (Å²) in [5.41, 5.74) is 6.32. The zero-order chi connectivity index (χ0) is 21.8. The van der Waals surface area contributed by atoms with E-state index in [9.17, 15) is 14.4 Å². The van der Waals surface area contributed by atoms with Crippen LogP contribution in [-0.4, -0.2) is 34.5 Å². The Morgan fingerprint density at radius 2 is 1.87 bits per heavy atom. The Kier molecular flexibility index (Phi) is 5.83. The third-order valence-corrected chi connectivity index (χ3v) is 5.09. The number of anilines is 2. The molecule has 9 heteroatoms. The van der Waals surface area contributed by atoms with Crippen molar-refractivity contribution in [3.63, 3.8) is 0 Å². The van der Waals surface area contributed by atoms with E-state index in [1.54, 1.807) is 29.2 Å². The van der Waals surface area contributed by atoms with Crippen LogP contribution in [0.1, 0.15) is 19.8 Å². The lowest BCUT2D eigenvalue weighted by Crippen LogP contribution is -2.39. The summed E-state index contributed by atoms with van der Waals surface area (Å²) in [5, 5.41) is 0.512. The number of amides is 2. The monoisotopic (exact) mass is 421 g/mol. The van der Waals surface area contributed by atoms with Crippen molar-refractivity contribution < 1.29 is 14.3 Å². The highest BCUT2D eigenvalue weighted by atomic mass is 16.5. The fourth-order valence-corrected chi connectivity index (χ4v) is 3.53. The lowest BCUT2D eigenvalue weighted by molar-refractivity contribution is -0.125. The summed E-state index contributed by atoms with van der Waals surface area (Å²) in [4.78, 5) is 43.6. The molecular formula is C22H23N5O4. The van der Waals surface area contributed by atoms with Gasteiger partial charge in [-0.15, -0.1) is 0 Å². The van der Waals surface area contributed by atoms with E-state index in [4.69, 9.17) is 4.74 Å². The maximum absolute atomic E-state index is 12.6. The van der Waals surface area contributed by atoms with Crippen molar-refractivity contribution in [2.24, 2.45) is 0 Å². The molecule has 0 saturated carbocycles. The number of aromatic nitrogens is 2. The third-order valence-electron chi connectivity index (χ3n) is 5.09. The number of para-hydroxylation sites is 3. The van der Waals surface area contributed by atoms with Crippen LogP contribution in [0.25, 0.3) is 10.9 Å². The molecule has 2 amide bonds. The number of rotatable bonds is 6. The SMILES string of the molecule is CCn1c(NNC(=O)CCC(=O)N2CCOc3ccccc32)nc2ccccc2c1=O. The van der Waals surface area contributed by atoms with Gasteiger partial charge < -0.3 is 9.64 Å². The molecule has 3 aromatic rings. The molecule has 2 heterocycles. The van der Waals surface area contributed by atoms with Crippen LogP contribution < -0.4 is 26.0 Å². The Bertz CT molecular complexity index is 1190. The fourth-order valence-electron chi connectivity index (χ4n) is 3.53. The van der Waals surface area contributed by atoms with Crippen molar-refractivity contribution >= 4 is 34.4 Å². The van der Waals surface area contributed by atoms with Gasteiger partial charge in [-0.2, -0.15) is 0 Å². The molecular weight excluding hydrogens is 398 g/mol. The molecule has 0 saturated heterocycles. The lowest BCUT2D eigenvalue weighted by Gasteiger charge is -2.29. The number of nitrogens with zero attached hydrogens (tertiary/aromatic N) is 3. The minimum atomic E-state index is -0.375. The zero-order valence-electron chi connectivity index (χ0n) is 17.1. The summed E-state index contributed by atoms with van der Waals surface area (Å²) in [6.07, 6.45) is 0.0445. The summed E-state index contributed by atoms with van der Waals surface area (Å²) in [7, 11) is 0. The average Bonchev–Trinajstić information content (AvgIpc) is 2.81. The molecule has 2 aromatic carbocycles. The van der Waals surface area contributed by atoms with Crippen molar-refractivity contribution in [2.75, 3.05) is 23.5 Å². The van der Waals surface area contributed by atoms with Crippen molar-refractivity contribution in [3.8, 4) is 5.75 Å². The van der Waals surface area contributed by atoms with Gasteiger partial charge in [-0.3, -0.25) is 29.8 Å². The second kappa shape index (κ2) is 8.86. The summed E-state index contributed by atoms with van der Waals surface area (Å²) in [5.74, 6) is 0.376. The van der Waals surface area contributed by atoms with Crippen LogP contribution >= 0.6 is 0 Å². The number of hydrazine groups is 1. The van der Waals surface area contributed by atoms with Crippen LogP contribution in [0.15, 0.2) is 53.3 Å². The second-order valence-corrected chi connectivity index (χ2v) is 7.04. The van der Waals surface area contributed by atoms with Crippen LogP contribution in [0.2, 0.25) is 0 Å².